The molecule has 0 N–H and O–H groups in total. The van der Waals surface area contributed by atoms with E-state index in [0.29, 0.717) is 16.3 Å². The molecule has 104 valence electrons. The van der Waals surface area contributed by atoms with Gasteiger partial charge in [0.15, 0.2) is 5.78 Å². The second kappa shape index (κ2) is 6.73. The molecule has 2 aromatic rings. The quantitative estimate of drug-likeness (QED) is 0.821. The van der Waals surface area contributed by atoms with Gasteiger partial charge in [-0.05, 0) is 42.0 Å². The predicted molar refractivity (Wildman–Crippen MR) is 77.1 cm³/mol. The Balaban J connectivity index is 1.89. The topological polar surface area (TPSA) is 26.3 Å². The fourth-order valence-electron chi connectivity index (χ4n) is 1.62. The number of hydrogen-bond acceptors (Lipinski definition) is 2. The molecule has 0 amide bonds. The van der Waals surface area contributed by atoms with Crippen molar-refractivity contribution in [1.29, 1.82) is 0 Å². The highest BCUT2D eigenvalue weighted by Gasteiger charge is 2.07. The number of benzene rings is 2. The number of ketones is 1. The van der Waals surface area contributed by atoms with Crippen LogP contribution in [0.4, 0.5) is 4.39 Å². The molecule has 0 aliphatic heterocycles. The molecule has 0 heterocycles. The van der Waals surface area contributed by atoms with Crippen LogP contribution in [0.1, 0.15) is 5.56 Å². The monoisotopic (exact) mass is 312 g/mol. The van der Waals surface area contributed by atoms with E-state index in [4.69, 9.17) is 27.9 Å². The molecule has 0 atom stereocenters. The number of halogens is 3. The average Bonchev–Trinajstić information content (AvgIpc) is 2.42. The van der Waals surface area contributed by atoms with Gasteiger partial charge in [-0.25, -0.2) is 4.39 Å². The summed E-state index contributed by atoms with van der Waals surface area (Å²) in [6.45, 7) is -0.0775. The first-order chi connectivity index (χ1) is 9.54. The number of carbonyl (C=O) groups is 1. The van der Waals surface area contributed by atoms with Crippen molar-refractivity contribution in [2.45, 2.75) is 6.42 Å². The minimum absolute atomic E-state index is 0.0404. The van der Waals surface area contributed by atoms with Gasteiger partial charge in [-0.2, -0.15) is 0 Å². The van der Waals surface area contributed by atoms with Crippen molar-refractivity contribution < 1.29 is 13.9 Å². The fourth-order valence-corrected chi connectivity index (χ4v) is 1.87. The van der Waals surface area contributed by atoms with Crippen LogP contribution in [0.3, 0.4) is 0 Å². The van der Waals surface area contributed by atoms with E-state index in [1.54, 1.807) is 30.3 Å². The molecular weight excluding hydrogens is 302 g/mol. The lowest BCUT2D eigenvalue weighted by Crippen LogP contribution is -2.13. The van der Waals surface area contributed by atoms with E-state index < -0.39 is 5.82 Å². The molecule has 0 spiro atoms. The van der Waals surface area contributed by atoms with Gasteiger partial charge in [-0.15, -0.1) is 0 Å². The third-order valence-corrected chi connectivity index (χ3v) is 3.16. The molecule has 0 bridgehead atoms. The van der Waals surface area contributed by atoms with Gasteiger partial charge in [0.25, 0.3) is 0 Å². The summed E-state index contributed by atoms with van der Waals surface area (Å²) in [6, 6.07) is 11.0. The van der Waals surface area contributed by atoms with Crippen LogP contribution in [0.2, 0.25) is 10.0 Å². The Labute approximate surface area is 126 Å². The Bertz CT molecular complexity index is 612. The molecule has 2 nitrogen and oxygen atoms in total. The maximum atomic E-state index is 13.2. The summed E-state index contributed by atoms with van der Waals surface area (Å²) in [5.74, 6) is -0.123. The number of carbonyl (C=O) groups excluding carboxylic acids is 1. The average molecular weight is 313 g/mol. The maximum Gasteiger partial charge on any atom is 0.174 e. The zero-order chi connectivity index (χ0) is 14.5. The van der Waals surface area contributed by atoms with Crippen molar-refractivity contribution in [1.82, 2.24) is 0 Å². The van der Waals surface area contributed by atoms with Gasteiger partial charge in [-0.1, -0.05) is 29.3 Å². The highest BCUT2D eigenvalue weighted by atomic mass is 35.5. The Morgan fingerprint density at radius 2 is 1.80 bits per heavy atom. The van der Waals surface area contributed by atoms with Gasteiger partial charge in [-0.3, -0.25) is 4.79 Å². The van der Waals surface area contributed by atoms with Crippen LogP contribution in [0.15, 0.2) is 42.5 Å². The van der Waals surface area contributed by atoms with Gasteiger partial charge in [0.1, 0.15) is 18.2 Å². The molecule has 0 aliphatic rings. The van der Waals surface area contributed by atoms with Crippen molar-refractivity contribution in [3.63, 3.8) is 0 Å². The summed E-state index contributed by atoms with van der Waals surface area (Å²) in [4.78, 5) is 11.7. The van der Waals surface area contributed by atoms with Crippen LogP contribution < -0.4 is 4.74 Å². The molecule has 0 fully saturated rings. The van der Waals surface area contributed by atoms with Gasteiger partial charge in [0.2, 0.25) is 0 Å². The summed E-state index contributed by atoms with van der Waals surface area (Å²) in [5, 5.41) is 0.638. The Kier molecular flexibility index (Phi) is 4.99. The molecule has 0 radical (unpaired) electrons. The van der Waals surface area contributed by atoms with Crippen LogP contribution in [-0.2, 0) is 11.2 Å². The largest absolute Gasteiger partial charge is 0.486 e. The third-order valence-electron chi connectivity index (χ3n) is 2.60. The lowest BCUT2D eigenvalue weighted by atomic mass is 10.1. The first-order valence-electron chi connectivity index (χ1n) is 5.88. The highest BCUT2D eigenvalue weighted by Crippen LogP contribution is 2.17. The smallest absolute Gasteiger partial charge is 0.174 e. The molecule has 0 saturated heterocycles. The number of rotatable bonds is 5. The molecule has 20 heavy (non-hydrogen) atoms. The maximum absolute atomic E-state index is 13.2. The van der Waals surface area contributed by atoms with Crippen LogP contribution in [0.5, 0.6) is 5.75 Å². The summed E-state index contributed by atoms with van der Waals surface area (Å²) in [5.41, 5.74) is 0.566. The van der Waals surface area contributed by atoms with Gasteiger partial charge >= 0.3 is 0 Å². The van der Waals surface area contributed by atoms with Crippen LogP contribution in [0, 0.1) is 5.82 Å². The molecule has 0 aromatic heterocycles. The van der Waals surface area contributed by atoms with Gasteiger partial charge in [0.05, 0.1) is 5.02 Å². The minimum Gasteiger partial charge on any atom is -0.486 e. The lowest BCUT2D eigenvalue weighted by molar-refractivity contribution is -0.120. The Hall–Kier alpha value is -1.58. The summed E-state index contributed by atoms with van der Waals surface area (Å²) < 4.78 is 18.6. The zero-order valence-corrected chi connectivity index (χ0v) is 11.9. The minimum atomic E-state index is -0.532. The fraction of sp³-hybridized carbons (Fsp3) is 0.133. The van der Waals surface area contributed by atoms with Crippen molar-refractivity contribution >= 4 is 29.0 Å². The molecule has 0 aliphatic carbocycles. The van der Waals surface area contributed by atoms with E-state index >= 15 is 0 Å². The molecule has 0 saturated carbocycles. The zero-order valence-electron chi connectivity index (χ0n) is 10.4. The molecule has 0 unspecified atom stereocenters. The summed E-state index contributed by atoms with van der Waals surface area (Å²) in [7, 11) is 0. The lowest BCUT2D eigenvalue weighted by Gasteiger charge is -2.06. The highest BCUT2D eigenvalue weighted by molar-refractivity contribution is 6.30. The van der Waals surface area contributed by atoms with Crippen molar-refractivity contribution in [2.75, 3.05) is 6.61 Å². The number of hydrogen-bond donors (Lipinski definition) is 0. The second-order valence-corrected chi connectivity index (χ2v) is 5.05. The SMILES string of the molecule is O=C(COc1ccc(Cl)cc1)Cc1ccc(Cl)c(F)c1. The standard InChI is InChI=1S/C15H11Cl2FO2/c16-11-2-4-13(5-3-11)20-9-12(19)7-10-1-6-14(17)15(18)8-10/h1-6,8H,7,9H2. The third kappa shape index (κ3) is 4.22. The van der Waals surface area contributed by atoms with E-state index in [0.717, 1.165) is 0 Å². The van der Waals surface area contributed by atoms with E-state index in [-0.39, 0.29) is 23.8 Å². The van der Waals surface area contributed by atoms with Crippen LogP contribution in [-0.4, -0.2) is 12.4 Å². The molecule has 2 rings (SSSR count). The predicted octanol–water partition coefficient (Wildman–Crippen LogP) is 4.32. The van der Waals surface area contributed by atoms with Crippen LogP contribution in [0.25, 0.3) is 0 Å². The Morgan fingerprint density at radius 3 is 2.45 bits per heavy atom. The van der Waals surface area contributed by atoms with E-state index in [9.17, 15) is 9.18 Å². The summed E-state index contributed by atoms with van der Waals surface area (Å²) in [6.07, 6.45) is 0.0989. The number of ether oxygens (including phenoxy) is 1. The molecule has 2 aromatic carbocycles. The van der Waals surface area contributed by atoms with Crippen molar-refractivity contribution in [3.8, 4) is 5.75 Å². The second-order valence-electron chi connectivity index (χ2n) is 4.21. The van der Waals surface area contributed by atoms with Crippen LogP contribution >= 0.6 is 23.2 Å². The van der Waals surface area contributed by atoms with Gasteiger partial charge < -0.3 is 4.74 Å². The van der Waals surface area contributed by atoms with Crippen molar-refractivity contribution in [2.24, 2.45) is 0 Å². The van der Waals surface area contributed by atoms with E-state index in [1.807, 2.05) is 0 Å². The number of Topliss-reactive ketones (excluding diaryl/α,β-unsaturated/α-hetero) is 1. The van der Waals surface area contributed by atoms with Crippen molar-refractivity contribution in [3.05, 3.63) is 63.9 Å². The van der Waals surface area contributed by atoms with Gasteiger partial charge in [0, 0.05) is 11.4 Å². The van der Waals surface area contributed by atoms with E-state index in [1.165, 1.54) is 12.1 Å². The molecular formula is C15H11Cl2FO2. The Morgan fingerprint density at radius 1 is 1.10 bits per heavy atom. The normalized spacial score (nSPS) is 10.3. The first kappa shape index (κ1) is 14.8. The van der Waals surface area contributed by atoms with E-state index in [2.05, 4.69) is 0 Å². The summed E-state index contributed by atoms with van der Waals surface area (Å²) >= 11 is 11.3. The first-order valence-corrected chi connectivity index (χ1v) is 6.64. The molecule has 5 heteroatoms.